The number of H-pyrrole nitrogens is 1. The van der Waals surface area contributed by atoms with Gasteiger partial charge in [0.2, 0.25) is 0 Å². The number of carbonyl (C=O) groups excluding carboxylic acids is 1. The van der Waals surface area contributed by atoms with Crippen LogP contribution in [0.15, 0.2) is 79.1 Å². The largest absolute Gasteiger partial charge is 0.497 e. The first-order valence-corrected chi connectivity index (χ1v) is 10.1. The van der Waals surface area contributed by atoms with E-state index in [1.54, 1.807) is 7.11 Å². The lowest BCUT2D eigenvalue weighted by Gasteiger charge is -2.08. The van der Waals surface area contributed by atoms with Crippen molar-refractivity contribution in [3.05, 3.63) is 95.9 Å². The van der Waals surface area contributed by atoms with Crippen molar-refractivity contribution in [1.29, 1.82) is 0 Å². The van der Waals surface area contributed by atoms with Crippen molar-refractivity contribution < 1.29 is 9.53 Å². The van der Waals surface area contributed by atoms with E-state index in [4.69, 9.17) is 4.74 Å². The number of hydrogen-bond donors (Lipinski definition) is 2. The van der Waals surface area contributed by atoms with Crippen molar-refractivity contribution in [3.63, 3.8) is 0 Å². The number of imidazole rings is 1. The zero-order valence-electron chi connectivity index (χ0n) is 17.1. The van der Waals surface area contributed by atoms with Crippen LogP contribution in [0.1, 0.15) is 21.6 Å². The summed E-state index contributed by atoms with van der Waals surface area (Å²) in [4.78, 5) is 20.3. The summed E-state index contributed by atoms with van der Waals surface area (Å²) in [6.07, 6.45) is 1.87. The third kappa shape index (κ3) is 3.88. The smallest absolute Gasteiger partial charge is 0.267 e. The number of rotatable bonds is 6. The number of para-hydroxylation sites is 2. The third-order valence-corrected chi connectivity index (χ3v) is 5.40. The molecule has 154 valence electrons. The highest BCUT2D eigenvalue weighted by Gasteiger charge is 2.10. The standard InChI is InChI=1S/C25H22N4O2/c1-31-20-9-10-21-19(12-20)13-23(28-21)25(30)26-14-17-5-4-6-18(11-17)15-29-16-27-22-7-2-3-8-24(22)29/h2-13,16,28H,14-15H2,1H3,(H,26,30). The maximum Gasteiger partial charge on any atom is 0.267 e. The molecule has 2 aromatic heterocycles. The lowest BCUT2D eigenvalue weighted by molar-refractivity contribution is 0.0946. The first-order chi connectivity index (χ1) is 15.2. The molecule has 5 rings (SSSR count). The second-order valence-corrected chi connectivity index (χ2v) is 7.50. The molecule has 2 N–H and O–H groups in total. The normalized spacial score (nSPS) is 11.1. The van der Waals surface area contributed by atoms with Crippen LogP contribution in [0.3, 0.4) is 0 Å². The molecule has 0 atom stereocenters. The molecule has 0 fully saturated rings. The number of nitrogens with one attached hydrogen (secondary N) is 2. The van der Waals surface area contributed by atoms with E-state index in [0.29, 0.717) is 12.2 Å². The molecule has 0 saturated carbocycles. The van der Waals surface area contributed by atoms with E-state index in [0.717, 1.165) is 45.4 Å². The molecule has 6 heteroatoms. The molecular formula is C25H22N4O2. The molecule has 5 aromatic rings. The van der Waals surface area contributed by atoms with Crippen LogP contribution in [0.5, 0.6) is 5.75 Å². The van der Waals surface area contributed by atoms with Crippen molar-refractivity contribution in [2.75, 3.05) is 7.11 Å². The van der Waals surface area contributed by atoms with E-state index < -0.39 is 0 Å². The quantitative estimate of drug-likeness (QED) is 0.433. The van der Waals surface area contributed by atoms with E-state index in [9.17, 15) is 4.79 Å². The molecule has 0 spiro atoms. The number of benzene rings is 3. The molecule has 0 unspecified atom stereocenters. The van der Waals surface area contributed by atoms with Gasteiger partial charge < -0.3 is 19.6 Å². The van der Waals surface area contributed by atoms with E-state index >= 15 is 0 Å². The maximum atomic E-state index is 12.6. The Morgan fingerprint density at radius 3 is 2.81 bits per heavy atom. The highest BCUT2D eigenvalue weighted by atomic mass is 16.5. The predicted molar refractivity (Wildman–Crippen MR) is 121 cm³/mol. The minimum absolute atomic E-state index is 0.138. The Morgan fingerprint density at radius 1 is 1.03 bits per heavy atom. The Balaban J connectivity index is 1.28. The Hall–Kier alpha value is -4.06. The van der Waals surface area contributed by atoms with Gasteiger partial charge in [-0.25, -0.2) is 4.98 Å². The molecule has 0 saturated heterocycles. The van der Waals surface area contributed by atoms with E-state index in [-0.39, 0.29) is 5.91 Å². The van der Waals surface area contributed by atoms with Crippen molar-refractivity contribution in [2.45, 2.75) is 13.1 Å². The van der Waals surface area contributed by atoms with Crippen LogP contribution >= 0.6 is 0 Å². The number of ether oxygens (including phenoxy) is 1. The average Bonchev–Trinajstić information content (AvgIpc) is 3.41. The summed E-state index contributed by atoms with van der Waals surface area (Å²) < 4.78 is 7.38. The Bertz CT molecular complexity index is 1380. The molecule has 1 amide bonds. The molecule has 3 aromatic carbocycles. The van der Waals surface area contributed by atoms with Gasteiger partial charge in [0.1, 0.15) is 11.4 Å². The molecule has 6 nitrogen and oxygen atoms in total. The number of amides is 1. The van der Waals surface area contributed by atoms with Crippen LogP contribution in [-0.2, 0) is 13.1 Å². The van der Waals surface area contributed by atoms with Gasteiger partial charge in [0.15, 0.2) is 0 Å². The summed E-state index contributed by atoms with van der Waals surface area (Å²) in [5.41, 5.74) is 5.74. The van der Waals surface area contributed by atoms with Gasteiger partial charge >= 0.3 is 0 Å². The van der Waals surface area contributed by atoms with Crippen LogP contribution in [0.2, 0.25) is 0 Å². The molecule has 0 aliphatic rings. The second-order valence-electron chi connectivity index (χ2n) is 7.50. The Morgan fingerprint density at radius 2 is 1.90 bits per heavy atom. The number of aromatic nitrogens is 3. The van der Waals surface area contributed by atoms with Crippen LogP contribution in [0, 0.1) is 0 Å². The molecule has 2 heterocycles. The highest BCUT2D eigenvalue weighted by molar-refractivity contribution is 5.98. The molecule has 0 radical (unpaired) electrons. The number of fused-ring (bicyclic) bond motifs is 2. The Kier molecular flexibility index (Phi) is 4.88. The van der Waals surface area contributed by atoms with E-state index in [1.165, 1.54) is 0 Å². The fraction of sp³-hybridized carbons (Fsp3) is 0.120. The third-order valence-electron chi connectivity index (χ3n) is 5.40. The summed E-state index contributed by atoms with van der Waals surface area (Å²) in [7, 11) is 1.63. The van der Waals surface area contributed by atoms with Crippen molar-refractivity contribution >= 4 is 27.8 Å². The summed E-state index contributed by atoms with van der Waals surface area (Å²) in [5.74, 6) is 0.627. The van der Waals surface area contributed by atoms with E-state index in [2.05, 4.69) is 38.1 Å². The number of nitrogens with zero attached hydrogens (tertiary/aromatic N) is 2. The second kappa shape index (κ2) is 7.99. The topological polar surface area (TPSA) is 71.9 Å². The van der Waals surface area contributed by atoms with Gasteiger partial charge in [-0.1, -0.05) is 36.4 Å². The van der Waals surface area contributed by atoms with Gasteiger partial charge in [0.25, 0.3) is 5.91 Å². The average molecular weight is 410 g/mol. The number of hydrogen-bond acceptors (Lipinski definition) is 3. The lowest BCUT2D eigenvalue weighted by Crippen LogP contribution is -2.23. The summed E-state index contributed by atoms with van der Waals surface area (Å²) in [6.45, 7) is 1.18. The van der Waals surface area contributed by atoms with Gasteiger partial charge in [-0.15, -0.1) is 0 Å². The van der Waals surface area contributed by atoms with Gasteiger partial charge in [-0.2, -0.15) is 0 Å². The Labute approximate surface area is 179 Å². The monoisotopic (exact) mass is 410 g/mol. The number of methoxy groups -OCH3 is 1. The van der Waals surface area contributed by atoms with Gasteiger partial charge in [0, 0.05) is 24.0 Å². The summed E-state index contributed by atoms with van der Waals surface area (Å²) >= 11 is 0. The SMILES string of the molecule is COc1ccc2[nH]c(C(=O)NCc3cccc(Cn4cnc5ccccc54)c3)cc2c1. The molecule has 0 aliphatic heterocycles. The first kappa shape index (κ1) is 18.9. The lowest BCUT2D eigenvalue weighted by atomic mass is 10.1. The van der Waals surface area contributed by atoms with Crippen molar-refractivity contribution in [2.24, 2.45) is 0 Å². The highest BCUT2D eigenvalue weighted by Crippen LogP contribution is 2.21. The summed E-state index contributed by atoms with van der Waals surface area (Å²) in [5, 5.41) is 3.94. The predicted octanol–water partition coefficient (Wildman–Crippen LogP) is 4.50. The minimum Gasteiger partial charge on any atom is -0.497 e. The van der Waals surface area contributed by atoms with Crippen LogP contribution in [-0.4, -0.2) is 27.6 Å². The molecule has 31 heavy (non-hydrogen) atoms. The molecule has 0 aliphatic carbocycles. The van der Waals surface area contributed by atoms with Gasteiger partial charge in [-0.3, -0.25) is 4.79 Å². The maximum absolute atomic E-state index is 12.6. The van der Waals surface area contributed by atoms with Gasteiger partial charge in [-0.05, 0) is 47.5 Å². The van der Waals surface area contributed by atoms with Crippen LogP contribution < -0.4 is 10.1 Å². The minimum atomic E-state index is -0.138. The zero-order chi connectivity index (χ0) is 21.2. The summed E-state index contributed by atoms with van der Waals surface area (Å²) in [6, 6.07) is 23.9. The fourth-order valence-electron chi connectivity index (χ4n) is 3.81. The van der Waals surface area contributed by atoms with Crippen molar-refractivity contribution in [3.8, 4) is 5.75 Å². The number of aromatic amines is 1. The molecule has 0 bridgehead atoms. The van der Waals surface area contributed by atoms with Crippen LogP contribution in [0.25, 0.3) is 21.9 Å². The fourth-order valence-corrected chi connectivity index (χ4v) is 3.81. The number of carbonyl (C=O) groups is 1. The van der Waals surface area contributed by atoms with Crippen LogP contribution in [0.4, 0.5) is 0 Å². The van der Waals surface area contributed by atoms with Gasteiger partial charge in [0.05, 0.1) is 24.5 Å². The molecular weight excluding hydrogens is 388 g/mol. The zero-order valence-corrected chi connectivity index (χ0v) is 17.1. The first-order valence-electron chi connectivity index (χ1n) is 10.1. The van der Waals surface area contributed by atoms with E-state index in [1.807, 2.05) is 60.9 Å². The van der Waals surface area contributed by atoms with Crippen molar-refractivity contribution in [1.82, 2.24) is 19.9 Å².